The zero-order valence-corrected chi connectivity index (χ0v) is 13.6. The van der Waals surface area contributed by atoms with Gasteiger partial charge in [-0.3, -0.25) is 4.79 Å². The van der Waals surface area contributed by atoms with Crippen LogP contribution in [0.5, 0.6) is 0 Å². The number of hydrogen-bond acceptors (Lipinski definition) is 4. The molecular formula is C16H22ClN3O2. The van der Waals surface area contributed by atoms with Gasteiger partial charge < -0.3 is 15.0 Å². The summed E-state index contributed by atoms with van der Waals surface area (Å²) in [4.78, 5) is 19.0. The van der Waals surface area contributed by atoms with E-state index in [0.717, 1.165) is 44.6 Å². The van der Waals surface area contributed by atoms with Crippen molar-refractivity contribution >= 4 is 23.3 Å². The summed E-state index contributed by atoms with van der Waals surface area (Å²) in [6.07, 6.45) is 4.23. The molecule has 1 aromatic rings. The summed E-state index contributed by atoms with van der Waals surface area (Å²) in [7, 11) is 0. The van der Waals surface area contributed by atoms with E-state index in [9.17, 15) is 4.79 Å². The number of nitrogens with one attached hydrogen (secondary N) is 1. The monoisotopic (exact) mass is 323 g/mol. The highest BCUT2D eigenvalue weighted by Crippen LogP contribution is 2.22. The first-order valence-electron chi connectivity index (χ1n) is 7.97. The van der Waals surface area contributed by atoms with Crippen LogP contribution in [0.25, 0.3) is 0 Å². The minimum atomic E-state index is -0.0798. The maximum atomic E-state index is 12.5. The van der Waals surface area contributed by atoms with E-state index in [1.165, 1.54) is 0 Å². The van der Waals surface area contributed by atoms with Crippen molar-refractivity contribution in [2.24, 2.45) is 0 Å². The summed E-state index contributed by atoms with van der Waals surface area (Å²) < 4.78 is 5.51. The zero-order chi connectivity index (χ0) is 15.5. The van der Waals surface area contributed by atoms with Gasteiger partial charge in [-0.1, -0.05) is 11.6 Å². The number of ether oxygens (including phenoxy) is 1. The quantitative estimate of drug-likeness (QED) is 0.869. The lowest BCUT2D eigenvalue weighted by Gasteiger charge is -2.28. The number of aromatic nitrogens is 1. The minimum absolute atomic E-state index is 0.0798. The Kier molecular flexibility index (Phi) is 4.84. The number of pyridine rings is 1. The number of hydrogen-bond donors (Lipinski definition) is 1. The van der Waals surface area contributed by atoms with Gasteiger partial charge in [0.15, 0.2) is 0 Å². The number of carbonyl (C=O) groups excluding carboxylic acids is 1. The van der Waals surface area contributed by atoms with Crippen molar-refractivity contribution in [3.63, 3.8) is 0 Å². The second-order valence-corrected chi connectivity index (χ2v) is 6.49. The molecule has 2 fully saturated rings. The summed E-state index contributed by atoms with van der Waals surface area (Å²) in [5.74, 6) is 0.722. The molecule has 0 radical (unpaired) electrons. The van der Waals surface area contributed by atoms with E-state index in [2.05, 4.69) is 15.2 Å². The van der Waals surface area contributed by atoms with Gasteiger partial charge in [0.25, 0.3) is 5.91 Å². The van der Waals surface area contributed by atoms with Crippen molar-refractivity contribution in [3.8, 4) is 0 Å². The third-order valence-electron chi connectivity index (χ3n) is 4.29. The number of halogens is 1. The number of anilines is 1. The highest BCUT2D eigenvalue weighted by Gasteiger charge is 2.22. The molecule has 3 heterocycles. The summed E-state index contributed by atoms with van der Waals surface area (Å²) in [5.41, 5.74) is 0.584. The van der Waals surface area contributed by atoms with Gasteiger partial charge in [-0.05, 0) is 44.7 Å². The SMILES string of the molecule is C[C@@H]1C[C@@H](NC(=O)c2cc(Cl)nc(N3CCCC3)c2)CCO1. The fourth-order valence-corrected chi connectivity index (χ4v) is 3.32. The first kappa shape index (κ1) is 15.6. The summed E-state index contributed by atoms with van der Waals surface area (Å²) in [6.45, 7) is 4.69. The van der Waals surface area contributed by atoms with Crippen molar-refractivity contribution in [1.82, 2.24) is 10.3 Å². The fourth-order valence-electron chi connectivity index (χ4n) is 3.12. The topological polar surface area (TPSA) is 54.5 Å². The smallest absolute Gasteiger partial charge is 0.251 e. The molecule has 120 valence electrons. The Labute approximate surface area is 136 Å². The number of nitrogens with zero attached hydrogens (tertiary/aromatic N) is 2. The van der Waals surface area contributed by atoms with Crippen molar-refractivity contribution in [2.75, 3.05) is 24.6 Å². The predicted molar refractivity (Wildman–Crippen MR) is 86.6 cm³/mol. The highest BCUT2D eigenvalue weighted by molar-refractivity contribution is 6.29. The van der Waals surface area contributed by atoms with Gasteiger partial charge in [0, 0.05) is 31.3 Å². The molecule has 0 aliphatic carbocycles. The third kappa shape index (κ3) is 3.70. The maximum Gasteiger partial charge on any atom is 0.251 e. The molecule has 0 saturated carbocycles. The molecule has 2 aliphatic heterocycles. The maximum absolute atomic E-state index is 12.5. The first-order chi connectivity index (χ1) is 10.6. The molecule has 6 heteroatoms. The van der Waals surface area contributed by atoms with Crippen LogP contribution in [-0.4, -0.2) is 42.7 Å². The Balaban J connectivity index is 1.71. The Morgan fingerprint density at radius 1 is 1.41 bits per heavy atom. The van der Waals surface area contributed by atoms with E-state index in [1.54, 1.807) is 6.07 Å². The molecule has 5 nitrogen and oxygen atoms in total. The Hall–Kier alpha value is -1.33. The molecule has 1 N–H and O–H groups in total. The second kappa shape index (κ2) is 6.84. The molecule has 2 atom stereocenters. The average Bonchev–Trinajstić information content (AvgIpc) is 3.01. The van der Waals surface area contributed by atoms with E-state index >= 15 is 0 Å². The number of carbonyl (C=O) groups is 1. The molecule has 0 spiro atoms. The van der Waals surface area contributed by atoms with Crippen LogP contribution in [-0.2, 0) is 4.74 Å². The molecule has 1 aromatic heterocycles. The largest absolute Gasteiger partial charge is 0.378 e. The van der Waals surface area contributed by atoms with Crippen LogP contribution < -0.4 is 10.2 Å². The van der Waals surface area contributed by atoms with Crippen LogP contribution in [0.3, 0.4) is 0 Å². The Bertz CT molecular complexity index is 546. The molecule has 1 amide bonds. The summed E-state index contributed by atoms with van der Waals surface area (Å²) >= 11 is 6.10. The van der Waals surface area contributed by atoms with Crippen molar-refractivity contribution < 1.29 is 9.53 Å². The molecule has 0 unspecified atom stereocenters. The summed E-state index contributed by atoms with van der Waals surface area (Å²) in [5, 5.41) is 3.46. The molecule has 22 heavy (non-hydrogen) atoms. The van der Waals surface area contributed by atoms with Crippen LogP contribution in [0.15, 0.2) is 12.1 Å². The fraction of sp³-hybridized carbons (Fsp3) is 0.625. The van der Waals surface area contributed by atoms with Crippen molar-refractivity contribution in [1.29, 1.82) is 0 Å². The van der Waals surface area contributed by atoms with Gasteiger partial charge >= 0.3 is 0 Å². The minimum Gasteiger partial charge on any atom is -0.378 e. The first-order valence-corrected chi connectivity index (χ1v) is 8.34. The van der Waals surface area contributed by atoms with Crippen LogP contribution in [0.4, 0.5) is 5.82 Å². The van der Waals surface area contributed by atoms with Gasteiger partial charge in [0.05, 0.1) is 6.10 Å². The standard InChI is InChI=1S/C16H22ClN3O2/c1-11-8-13(4-7-22-11)18-16(21)12-9-14(17)19-15(10-12)20-5-2-3-6-20/h9-11,13H,2-8H2,1H3,(H,18,21)/t11-,13+/m1/s1. The van der Waals surface area contributed by atoms with E-state index < -0.39 is 0 Å². The summed E-state index contributed by atoms with van der Waals surface area (Å²) in [6, 6.07) is 3.65. The third-order valence-corrected chi connectivity index (χ3v) is 4.49. The van der Waals surface area contributed by atoms with Crippen molar-refractivity contribution in [2.45, 2.75) is 44.8 Å². The average molecular weight is 324 g/mol. The molecule has 0 bridgehead atoms. The molecule has 3 rings (SSSR count). The second-order valence-electron chi connectivity index (χ2n) is 6.11. The van der Waals surface area contributed by atoms with E-state index in [-0.39, 0.29) is 18.1 Å². The van der Waals surface area contributed by atoms with Gasteiger partial charge in [-0.25, -0.2) is 4.98 Å². The molecule has 2 aliphatic rings. The van der Waals surface area contributed by atoms with E-state index in [0.29, 0.717) is 17.3 Å². The van der Waals surface area contributed by atoms with Gasteiger partial charge in [-0.2, -0.15) is 0 Å². The number of amides is 1. The lowest BCUT2D eigenvalue weighted by molar-refractivity contribution is 0.0136. The predicted octanol–water partition coefficient (Wildman–Crippen LogP) is 2.63. The van der Waals surface area contributed by atoms with Gasteiger partial charge in [0.1, 0.15) is 11.0 Å². The Morgan fingerprint density at radius 3 is 2.91 bits per heavy atom. The molecule has 2 saturated heterocycles. The number of rotatable bonds is 3. The van der Waals surface area contributed by atoms with Gasteiger partial charge in [-0.15, -0.1) is 0 Å². The molecular weight excluding hydrogens is 302 g/mol. The lowest BCUT2D eigenvalue weighted by atomic mass is 10.0. The highest BCUT2D eigenvalue weighted by atomic mass is 35.5. The van der Waals surface area contributed by atoms with Crippen LogP contribution in [0, 0.1) is 0 Å². The van der Waals surface area contributed by atoms with Crippen LogP contribution in [0.2, 0.25) is 5.15 Å². The van der Waals surface area contributed by atoms with Crippen LogP contribution in [0.1, 0.15) is 43.0 Å². The van der Waals surface area contributed by atoms with Crippen LogP contribution >= 0.6 is 11.6 Å². The van der Waals surface area contributed by atoms with E-state index in [1.807, 2.05) is 13.0 Å². The van der Waals surface area contributed by atoms with Crippen molar-refractivity contribution in [3.05, 3.63) is 22.8 Å². The Morgan fingerprint density at radius 2 is 2.18 bits per heavy atom. The molecule has 0 aromatic carbocycles. The lowest BCUT2D eigenvalue weighted by Crippen LogP contribution is -2.41. The normalized spacial score (nSPS) is 25.3. The van der Waals surface area contributed by atoms with E-state index in [4.69, 9.17) is 16.3 Å². The van der Waals surface area contributed by atoms with Gasteiger partial charge in [0.2, 0.25) is 0 Å². The zero-order valence-electron chi connectivity index (χ0n) is 12.8.